The van der Waals surface area contributed by atoms with Crippen LogP contribution in [0.25, 0.3) is 0 Å². The second-order valence-electron chi connectivity index (χ2n) is 5.49. The van der Waals surface area contributed by atoms with Crippen molar-refractivity contribution in [1.29, 1.82) is 0 Å². The molecule has 0 radical (unpaired) electrons. The van der Waals surface area contributed by atoms with E-state index in [2.05, 4.69) is 42.5 Å². The molecule has 0 amide bonds. The molecule has 1 heterocycles. The first-order chi connectivity index (χ1) is 9.84. The van der Waals surface area contributed by atoms with Crippen molar-refractivity contribution < 1.29 is 4.74 Å². The highest BCUT2D eigenvalue weighted by molar-refractivity contribution is 5.39. The summed E-state index contributed by atoms with van der Waals surface area (Å²) >= 11 is 0. The summed E-state index contributed by atoms with van der Waals surface area (Å²) in [5, 5.41) is 0. The molecule has 1 aliphatic heterocycles. The molecule has 0 bridgehead atoms. The number of para-hydroxylation sites is 1. The third-order valence-corrected chi connectivity index (χ3v) is 4.09. The van der Waals surface area contributed by atoms with Crippen LogP contribution < -0.4 is 10.5 Å². The Morgan fingerprint density at radius 1 is 1.05 bits per heavy atom. The summed E-state index contributed by atoms with van der Waals surface area (Å²) in [6.07, 6.45) is 3.32. The van der Waals surface area contributed by atoms with Gasteiger partial charge in [0.15, 0.2) is 0 Å². The summed E-state index contributed by atoms with van der Waals surface area (Å²) in [5.41, 5.74) is 8.84. The molecule has 0 spiro atoms. The van der Waals surface area contributed by atoms with E-state index in [0.29, 0.717) is 5.92 Å². The molecule has 3 rings (SSSR count). The fourth-order valence-electron chi connectivity index (χ4n) is 2.92. The summed E-state index contributed by atoms with van der Waals surface area (Å²) in [7, 11) is 0. The van der Waals surface area contributed by atoms with Gasteiger partial charge in [-0.3, -0.25) is 0 Å². The molecule has 0 aliphatic carbocycles. The van der Waals surface area contributed by atoms with E-state index in [9.17, 15) is 0 Å². The smallest absolute Gasteiger partial charge is 0.122 e. The third-order valence-electron chi connectivity index (χ3n) is 4.09. The summed E-state index contributed by atoms with van der Waals surface area (Å²) in [6, 6.07) is 18.9. The number of ether oxygens (including phenoxy) is 1. The second-order valence-corrected chi connectivity index (χ2v) is 5.49. The minimum absolute atomic E-state index is 0.147. The Labute approximate surface area is 120 Å². The van der Waals surface area contributed by atoms with Crippen LogP contribution >= 0.6 is 0 Å². The maximum absolute atomic E-state index is 6.24. The number of hydrogen-bond acceptors (Lipinski definition) is 2. The maximum atomic E-state index is 6.24. The lowest BCUT2D eigenvalue weighted by molar-refractivity contribution is 0.321. The predicted molar refractivity (Wildman–Crippen MR) is 81.9 cm³/mol. The molecule has 0 saturated carbocycles. The van der Waals surface area contributed by atoms with Crippen molar-refractivity contribution in [2.45, 2.75) is 31.2 Å². The lowest BCUT2D eigenvalue weighted by Crippen LogP contribution is -2.10. The minimum atomic E-state index is 0.147. The molecule has 2 aromatic rings. The Bertz CT molecular complexity index is 552. The molecular formula is C18H21NO. The van der Waals surface area contributed by atoms with E-state index < -0.39 is 0 Å². The minimum Gasteiger partial charge on any atom is -0.493 e. The molecule has 0 saturated heterocycles. The van der Waals surface area contributed by atoms with Gasteiger partial charge in [-0.2, -0.15) is 0 Å². The zero-order chi connectivity index (χ0) is 13.8. The maximum Gasteiger partial charge on any atom is 0.122 e. The number of fused-ring (bicyclic) bond motifs is 1. The van der Waals surface area contributed by atoms with Gasteiger partial charge in [-0.05, 0) is 24.5 Å². The fraction of sp³-hybridized carbons (Fsp3) is 0.333. The summed E-state index contributed by atoms with van der Waals surface area (Å²) < 4.78 is 5.72. The van der Waals surface area contributed by atoms with Crippen molar-refractivity contribution >= 4 is 0 Å². The number of hydrogen-bond donors (Lipinski definition) is 1. The largest absolute Gasteiger partial charge is 0.493 e. The van der Waals surface area contributed by atoms with Crippen LogP contribution in [0.5, 0.6) is 5.75 Å². The normalized spacial score (nSPS) is 18.4. The van der Waals surface area contributed by atoms with Crippen LogP contribution in [0.1, 0.15) is 42.3 Å². The van der Waals surface area contributed by atoms with Crippen molar-refractivity contribution in [2.24, 2.45) is 5.73 Å². The van der Waals surface area contributed by atoms with E-state index in [1.54, 1.807) is 0 Å². The summed E-state index contributed by atoms with van der Waals surface area (Å²) in [4.78, 5) is 0. The van der Waals surface area contributed by atoms with Gasteiger partial charge in [0, 0.05) is 17.5 Å². The van der Waals surface area contributed by atoms with Crippen LogP contribution in [-0.2, 0) is 0 Å². The van der Waals surface area contributed by atoms with E-state index >= 15 is 0 Å². The van der Waals surface area contributed by atoms with Gasteiger partial charge < -0.3 is 10.5 Å². The molecule has 2 atom stereocenters. The molecule has 2 unspecified atom stereocenters. The molecule has 2 N–H and O–H groups in total. The van der Waals surface area contributed by atoms with E-state index in [-0.39, 0.29) is 6.04 Å². The summed E-state index contributed by atoms with van der Waals surface area (Å²) in [6.45, 7) is 0.819. The van der Waals surface area contributed by atoms with Gasteiger partial charge in [0.05, 0.1) is 6.61 Å². The number of rotatable bonds is 5. The highest BCUT2D eigenvalue weighted by atomic mass is 16.5. The van der Waals surface area contributed by atoms with Crippen molar-refractivity contribution in [3.8, 4) is 5.75 Å². The van der Waals surface area contributed by atoms with Crippen molar-refractivity contribution in [2.75, 3.05) is 6.61 Å². The lowest BCUT2D eigenvalue weighted by atomic mass is 9.93. The summed E-state index contributed by atoms with van der Waals surface area (Å²) in [5.74, 6) is 1.60. The zero-order valence-corrected chi connectivity index (χ0v) is 11.7. The fourth-order valence-corrected chi connectivity index (χ4v) is 2.92. The molecule has 0 fully saturated rings. The van der Waals surface area contributed by atoms with Gasteiger partial charge in [0.2, 0.25) is 0 Å². The Balaban J connectivity index is 1.52. The predicted octanol–water partition coefficient (Wildman–Crippen LogP) is 4.03. The third kappa shape index (κ3) is 2.86. The van der Waals surface area contributed by atoms with Crippen molar-refractivity contribution in [1.82, 2.24) is 0 Å². The van der Waals surface area contributed by atoms with Gasteiger partial charge in [-0.25, -0.2) is 0 Å². The first kappa shape index (κ1) is 13.2. The van der Waals surface area contributed by atoms with Crippen molar-refractivity contribution in [3.63, 3.8) is 0 Å². The average molecular weight is 267 g/mol. The second kappa shape index (κ2) is 6.10. The van der Waals surface area contributed by atoms with E-state index in [1.165, 1.54) is 11.1 Å². The van der Waals surface area contributed by atoms with Crippen LogP contribution in [0.4, 0.5) is 0 Å². The van der Waals surface area contributed by atoms with Crippen LogP contribution in [0.15, 0.2) is 54.6 Å². The van der Waals surface area contributed by atoms with Gasteiger partial charge in [-0.15, -0.1) is 0 Å². The van der Waals surface area contributed by atoms with Crippen molar-refractivity contribution in [3.05, 3.63) is 65.7 Å². The molecular weight excluding hydrogens is 246 g/mol. The zero-order valence-electron chi connectivity index (χ0n) is 11.7. The Hall–Kier alpha value is -1.80. The standard InChI is InChI=1S/C18H21NO/c19-17(14-7-2-1-3-8-14)11-6-9-15-13-20-18-12-5-4-10-16(15)18/h1-5,7-8,10,12,15,17H,6,9,11,13,19H2. The SMILES string of the molecule is NC(CCCC1COc2ccccc21)c1ccccc1. The molecule has 0 aromatic heterocycles. The van der Waals surface area contributed by atoms with Crippen LogP contribution in [0.3, 0.4) is 0 Å². The first-order valence-electron chi connectivity index (χ1n) is 7.37. The highest BCUT2D eigenvalue weighted by Crippen LogP contribution is 2.36. The average Bonchev–Trinajstić information content (AvgIpc) is 2.92. The van der Waals surface area contributed by atoms with Gasteiger partial charge in [-0.1, -0.05) is 55.0 Å². The van der Waals surface area contributed by atoms with Crippen LogP contribution in [-0.4, -0.2) is 6.61 Å². The van der Waals surface area contributed by atoms with Gasteiger partial charge >= 0.3 is 0 Å². The molecule has 1 aliphatic rings. The van der Waals surface area contributed by atoms with Crippen LogP contribution in [0, 0.1) is 0 Å². The van der Waals surface area contributed by atoms with Gasteiger partial charge in [0.25, 0.3) is 0 Å². The number of nitrogens with two attached hydrogens (primary N) is 1. The quantitative estimate of drug-likeness (QED) is 0.887. The van der Waals surface area contributed by atoms with E-state index in [1.807, 2.05) is 12.1 Å². The first-order valence-corrected chi connectivity index (χ1v) is 7.37. The Morgan fingerprint density at radius 2 is 1.80 bits per heavy atom. The highest BCUT2D eigenvalue weighted by Gasteiger charge is 2.23. The molecule has 2 nitrogen and oxygen atoms in total. The molecule has 104 valence electrons. The van der Waals surface area contributed by atoms with Crippen LogP contribution in [0.2, 0.25) is 0 Å². The molecule has 2 heteroatoms. The van der Waals surface area contributed by atoms with Gasteiger partial charge in [0.1, 0.15) is 5.75 Å². The molecule has 2 aromatic carbocycles. The van der Waals surface area contributed by atoms with E-state index in [4.69, 9.17) is 10.5 Å². The Morgan fingerprint density at radius 3 is 2.65 bits per heavy atom. The number of benzene rings is 2. The Kier molecular flexibility index (Phi) is 4.03. The monoisotopic (exact) mass is 267 g/mol. The topological polar surface area (TPSA) is 35.2 Å². The molecule has 20 heavy (non-hydrogen) atoms. The van der Waals surface area contributed by atoms with E-state index in [0.717, 1.165) is 31.6 Å². The lowest BCUT2D eigenvalue weighted by Gasteiger charge is -2.13.